The van der Waals surface area contributed by atoms with Crippen molar-refractivity contribution in [1.29, 1.82) is 0 Å². The minimum absolute atomic E-state index is 0.260. The Labute approximate surface area is 271 Å². The van der Waals surface area contributed by atoms with E-state index in [4.69, 9.17) is 14.2 Å². The maximum absolute atomic E-state index is 13.1. The molecule has 2 aromatic rings. The molecule has 2 aromatic carbocycles. The summed E-state index contributed by atoms with van der Waals surface area (Å²) in [7, 11) is 1.62. The van der Waals surface area contributed by atoms with Crippen LogP contribution in [0, 0.1) is 13.8 Å². The van der Waals surface area contributed by atoms with Gasteiger partial charge < -0.3 is 40.8 Å². The van der Waals surface area contributed by atoms with Gasteiger partial charge in [-0.25, -0.2) is 0 Å². The lowest BCUT2D eigenvalue weighted by Crippen LogP contribution is -2.41. The molecule has 5 N–H and O–H groups in total. The van der Waals surface area contributed by atoms with Crippen LogP contribution in [0.5, 0.6) is 0 Å². The van der Waals surface area contributed by atoms with Crippen molar-refractivity contribution in [2.24, 2.45) is 0 Å². The highest BCUT2D eigenvalue weighted by Crippen LogP contribution is 2.15. The lowest BCUT2D eigenvalue weighted by molar-refractivity contribution is 0.0196. The molecule has 46 heavy (non-hydrogen) atoms. The Balaban J connectivity index is 1.69. The zero-order chi connectivity index (χ0) is 33.1. The number of carbonyl (C=O) groups is 4. The molecule has 0 aliphatic carbocycles. The fourth-order valence-corrected chi connectivity index (χ4v) is 4.94. The fraction of sp³-hybridized carbons (Fsp3) is 0.515. The van der Waals surface area contributed by atoms with Gasteiger partial charge in [0, 0.05) is 88.3 Å². The Hall–Kier alpha value is -3.88. The molecule has 1 heterocycles. The standard InChI is InChI=1S/C33H48N6O7/c1-24-26-6-4-8-28(24)32(42)37-14-16-39(18-19-45-22-23-46-21-20-44-3)17-15-38-33(43)29-9-5-7-27(25(29)2)31(41)36-13-11-34-10-12-35-30(26)40/h4-9,34H,10-23H2,1-3H3,(H,35,40)(H,36,41)(H,37,42)(H,38,43). The van der Waals surface area contributed by atoms with E-state index in [1.54, 1.807) is 57.4 Å². The van der Waals surface area contributed by atoms with E-state index in [2.05, 4.69) is 31.5 Å². The highest BCUT2D eigenvalue weighted by Gasteiger charge is 2.18. The predicted molar refractivity (Wildman–Crippen MR) is 175 cm³/mol. The van der Waals surface area contributed by atoms with Crippen LogP contribution in [0.1, 0.15) is 52.6 Å². The predicted octanol–water partition coefficient (Wildman–Crippen LogP) is 0.508. The molecule has 0 saturated carbocycles. The van der Waals surface area contributed by atoms with Gasteiger partial charge in [0.2, 0.25) is 0 Å². The average molecular weight is 641 g/mol. The Morgan fingerprint density at radius 3 is 1.39 bits per heavy atom. The molecule has 13 nitrogen and oxygen atoms in total. The van der Waals surface area contributed by atoms with Crippen molar-refractivity contribution in [2.75, 3.05) is 99.0 Å². The summed E-state index contributed by atoms with van der Waals surface area (Å²) < 4.78 is 16.1. The summed E-state index contributed by atoms with van der Waals surface area (Å²) >= 11 is 0. The molecular formula is C33H48N6O7. The van der Waals surface area contributed by atoms with Crippen molar-refractivity contribution in [1.82, 2.24) is 31.5 Å². The van der Waals surface area contributed by atoms with Crippen molar-refractivity contribution in [3.8, 4) is 0 Å². The summed E-state index contributed by atoms with van der Waals surface area (Å²) in [6.07, 6.45) is 0. The van der Waals surface area contributed by atoms with Gasteiger partial charge in [-0.15, -0.1) is 0 Å². The second-order valence-corrected chi connectivity index (χ2v) is 10.8. The highest BCUT2D eigenvalue weighted by molar-refractivity contribution is 6.02. The lowest BCUT2D eigenvalue weighted by Gasteiger charge is -2.23. The molecule has 0 spiro atoms. The number of hydrogen-bond acceptors (Lipinski definition) is 9. The molecule has 4 amide bonds. The van der Waals surface area contributed by atoms with Crippen LogP contribution in [0.15, 0.2) is 36.4 Å². The van der Waals surface area contributed by atoms with E-state index >= 15 is 0 Å². The minimum atomic E-state index is -0.265. The topological polar surface area (TPSA) is 159 Å². The molecular weight excluding hydrogens is 592 g/mol. The Kier molecular flexibility index (Phi) is 16.1. The van der Waals surface area contributed by atoms with Gasteiger partial charge in [-0.1, -0.05) is 12.1 Å². The summed E-state index contributed by atoms with van der Waals surface area (Å²) in [5.41, 5.74) is 2.94. The smallest absolute Gasteiger partial charge is 0.251 e. The van der Waals surface area contributed by atoms with Gasteiger partial charge >= 0.3 is 0 Å². The number of benzene rings is 2. The summed E-state index contributed by atoms with van der Waals surface area (Å²) in [4.78, 5) is 54.0. The van der Waals surface area contributed by atoms with Crippen molar-refractivity contribution in [3.05, 3.63) is 69.8 Å². The van der Waals surface area contributed by atoms with Crippen LogP contribution < -0.4 is 26.6 Å². The highest BCUT2D eigenvalue weighted by atomic mass is 16.5. The molecule has 0 fully saturated rings. The molecule has 0 unspecified atom stereocenters. The quantitative estimate of drug-likeness (QED) is 0.246. The van der Waals surface area contributed by atoms with E-state index in [0.29, 0.717) is 125 Å². The second-order valence-electron chi connectivity index (χ2n) is 10.8. The first-order valence-corrected chi connectivity index (χ1v) is 15.7. The van der Waals surface area contributed by atoms with Crippen molar-refractivity contribution < 1.29 is 33.4 Å². The maximum atomic E-state index is 13.1. The van der Waals surface area contributed by atoms with E-state index in [1.165, 1.54) is 0 Å². The van der Waals surface area contributed by atoms with E-state index in [0.717, 1.165) is 0 Å². The zero-order valence-corrected chi connectivity index (χ0v) is 27.2. The molecule has 3 rings (SSSR count). The number of carbonyl (C=O) groups excluding carboxylic acids is 4. The van der Waals surface area contributed by atoms with E-state index in [1.807, 2.05) is 0 Å². The van der Waals surface area contributed by atoms with Crippen LogP contribution >= 0.6 is 0 Å². The largest absolute Gasteiger partial charge is 0.382 e. The number of nitrogens with zero attached hydrogens (tertiary/aromatic N) is 1. The Morgan fingerprint density at radius 1 is 0.565 bits per heavy atom. The first kappa shape index (κ1) is 36.6. The maximum Gasteiger partial charge on any atom is 0.251 e. The number of amides is 4. The minimum Gasteiger partial charge on any atom is -0.382 e. The van der Waals surface area contributed by atoms with Gasteiger partial charge in [0.1, 0.15) is 0 Å². The fourth-order valence-electron chi connectivity index (χ4n) is 4.94. The molecule has 0 atom stereocenters. The van der Waals surface area contributed by atoms with Gasteiger partial charge in [-0.05, 0) is 49.2 Å². The molecule has 0 aromatic heterocycles. The molecule has 1 aliphatic rings. The van der Waals surface area contributed by atoms with Crippen LogP contribution in [-0.4, -0.2) is 128 Å². The number of fused-ring (bicyclic) bond motifs is 4. The van der Waals surface area contributed by atoms with E-state index < -0.39 is 0 Å². The summed E-state index contributed by atoms with van der Waals surface area (Å²) in [6.45, 7) is 9.93. The third-order valence-corrected chi connectivity index (χ3v) is 7.60. The van der Waals surface area contributed by atoms with Crippen LogP contribution in [0.4, 0.5) is 0 Å². The molecule has 13 heteroatoms. The molecule has 4 bridgehead atoms. The lowest BCUT2D eigenvalue weighted by atomic mass is 10.0. The van der Waals surface area contributed by atoms with Crippen molar-refractivity contribution in [2.45, 2.75) is 13.8 Å². The van der Waals surface area contributed by atoms with Crippen LogP contribution in [0.3, 0.4) is 0 Å². The SMILES string of the molecule is COCCOCCOCCN1CCNC(=O)c2cccc(c2C)C(=O)NCCNCCNC(=O)c2cccc(c2C)C(=O)NCC1. The molecule has 0 saturated heterocycles. The Bertz CT molecular complexity index is 1220. The first-order valence-electron chi connectivity index (χ1n) is 15.7. The number of hydrogen-bond donors (Lipinski definition) is 5. The third kappa shape index (κ3) is 11.8. The van der Waals surface area contributed by atoms with Gasteiger partial charge in [-0.2, -0.15) is 0 Å². The third-order valence-electron chi connectivity index (χ3n) is 7.60. The monoisotopic (exact) mass is 640 g/mol. The van der Waals surface area contributed by atoms with Gasteiger partial charge in [0.25, 0.3) is 23.6 Å². The van der Waals surface area contributed by atoms with Crippen molar-refractivity contribution >= 4 is 23.6 Å². The molecule has 1 aliphatic heterocycles. The Morgan fingerprint density at radius 2 is 0.957 bits per heavy atom. The second kappa shape index (κ2) is 20.3. The van der Waals surface area contributed by atoms with E-state index in [-0.39, 0.29) is 23.6 Å². The number of rotatable bonds is 9. The van der Waals surface area contributed by atoms with E-state index in [9.17, 15) is 19.2 Å². The van der Waals surface area contributed by atoms with Crippen LogP contribution in [0.2, 0.25) is 0 Å². The van der Waals surface area contributed by atoms with Gasteiger partial charge in [0.15, 0.2) is 0 Å². The normalized spacial score (nSPS) is 16.5. The number of nitrogens with one attached hydrogen (secondary N) is 5. The van der Waals surface area contributed by atoms with Crippen molar-refractivity contribution in [3.63, 3.8) is 0 Å². The van der Waals surface area contributed by atoms with Crippen LogP contribution in [-0.2, 0) is 14.2 Å². The molecule has 0 radical (unpaired) electrons. The van der Waals surface area contributed by atoms with Gasteiger partial charge in [-0.3, -0.25) is 24.1 Å². The first-order chi connectivity index (χ1) is 22.3. The van der Waals surface area contributed by atoms with Crippen LogP contribution in [0.25, 0.3) is 0 Å². The summed E-state index contributed by atoms with van der Waals surface area (Å²) in [5.74, 6) is -1.05. The summed E-state index contributed by atoms with van der Waals surface area (Å²) in [6, 6.07) is 10.2. The zero-order valence-electron chi connectivity index (χ0n) is 27.2. The number of methoxy groups -OCH3 is 1. The summed E-state index contributed by atoms with van der Waals surface area (Å²) in [5, 5.41) is 14.9. The average Bonchev–Trinajstić information content (AvgIpc) is 3.04. The van der Waals surface area contributed by atoms with Gasteiger partial charge in [0.05, 0.1) is 33.0 Å². The number of ether oxygens (including phenoxy) is 3. The molecule has 252 valence electrons.